The Morgan fingerprint density at radius 3 is 2.95 bits per heavy atom. The quantitative estimate of drug-likeness (QED) is 0.873. The van der Waals surface area contributed by atoms with Gasteiger partial charge in [-0.25, -0.2) is 4.98 Å². The minimum atomic E-state index is -0.0156. The number of likely N-dealkylation sites (tertiary alicyclic amines) is 1. The Morgan fingerprint density at radius 2 is 2.23 bits per heavy atom. The van der Waals surface area contributed by atoms with Crippen LogP contribution in [0.25, 0.3) is 0 Å². The number of carbonyl (C=O) groups is 1. The largest absolute Gasteiger partial charge is 0.360 e. The molecule has 1 saturated heterocycles. The molecule has 0 bridgehead atoms. The zero-order valence-corrected chi connectivity index (χ0v) is 12.7. The number of hydrogen-bond acceptors (Lipinski definition) is 4. The topological polar surface area (TPSA) is 64.2 Å². The van der Waals surface area contributed by atoms with E-state index in [0.29, 0.717) is 24.2 Å². The van der Waals surface area contributed by atoms with Crippen molar-refractivity contribution in [2.24, 2.45) is 0 Å². The van der Waals surface area contributed by atoms with E-state index in [1.165, 1.54) is 0 Å². The zero-order valence-electron chi connectivity index (χ0n) is 12.7. The number of aromatic nitrogens is 3. The van der Waals surface area contributed by atoms with Gasteiger partial charge in [0.05, 0.1) is 6.04 Å². The van der Waals surface area contributed by atoms with Crippen molar-refractivity contribution in [2.45, 2.75) is 44.6 Å². The maximum atomic E-state index is 12.6. The fourth-order valence-corrected chi connectivity index (χ4v) is 3.25. The van der Waals surface area contributed by atoms with Gasteiger partial charge >= 0.3 is 0 Å². The summed E-state index contributed by atoms with van der Waals surface area (Å²) >= 11 is 0. The van der Waals surface area contributed by atoms with E-state index in [1.54, 1.807) is 0 Å². The molecule has 2 aliphatic rings. The average molecular weight is 300 g/mol. The summed E-state index contributed by atoms with van der Waals surface area (Å²) in [6, 6.07) is 2.13. The second-order valence-corrected chi connectivity index (χ2v) is 6.32. The molecule has 1 amide bonds. The van der Waals surface area contributed by atoms with Gasteiger partial charge in [0.1, 0.15) is 11.6 Å². The first-order chi connectivity index (χ1) is 10.7. The van der Waals surface area contributed by atoms with Gasteiger partial charge in [0.2, 0.25) is 0 Å². The van der Waals surface area contributed by atoms with Gasteiger partial charge < -0.3 is 14.0 Å². The highest BCUT2D eigenvalue weighted by atomic mass is 16.5. The molecule has 116 valence electrons. The lowest BCUT2D eigenvalue weighted by atomic mass is 10.0. The van der Waals surface area contributed by atoms with Crippen molar-refractivity contribution >= 4 is 5.91 Å². The third kappa shape index (κ3) is 2.42. The van der Waals surface area contributed by atoms with Crippen molar-refractivity contribution in [3.05, 3.63) is 35.7 Å². The van der Waals surface area contributed by atoms with Gasteiger partial charge in [-0.2, -0.15) is 0 Å². The van der Waals surface area contributed by atoms with E-state index in [0.717, 1.165) is 43.8 Å². The van der Waals surface area contributed by atoms with E-state index in [2.05, 4.69) is 14.7 Å². The third-order valence-corrected chi connectivity index (χ3v) is 4.67. The molecule has 1 atom stereocenters. The lowest BCUT2D eigenvalue weighted by molar-refractivity contribution is 0.0667. The van der Waals surface area contributed by atoms with Gasteiger partial charge in [-0.3, -0.25) is 4.79 Å². The molecule has 3 heterocycles. The summed E-state index contributed by atoms with van der Waals surface area (Å²) in [7, 11) is 0. The molecule has 22 heavy (non-hydrogen) atoms. The summed E-state index contributed by atoms with van der Waals surface area (Å²) in [5, 5.41) is 3.97. The maximum Gasteiger partial charge on any atom is 0.276 e. The molecule has 0 N–H and O–H groups in total. The number of carbonyl (C=O) groups excluding carboxylic acids is 1. The van der Waals surface area contributed by atoms with Crippen molar-refractivity contribution in [2.75, 3.05) is 13.1 Å². The number of hydrogen-bond donors (Lipinski definition) is 0. The molecule has 6 nitrogen and oxygen atoms in total. The fraction of sp³-hybridized carbons (Fsp3) is 0.562. The monoisotopic (exact) mass is 300 g/mol. The van der Waals surface area contributed by atoms with E-state index >= 15 is 0 Å². The summed E-state index contributed by atoms with van der Waals surface area (Å²) in [5.74, 6) is 2.33. The third-order valence-electron chi connectivity index (χ3n) is 4.67. The summed E-state index contributed by atoms with van der Waals surface area (Å²) in [6.45, 7) is 3.50. The Kier molecular flexibility index (Phi) is 3.24. The van der Waals surface area contributed by atoms with Crippen molar-refractivity contribution in [3.63, 3.8) is 0 Å². The van der Waals surface area contributed by atoms with Crippen LogP contribution in [0, 0.1) is 6.92 Å². The second kappa shape index (κ2) is 5.26. The van der Waals surface area contributed by atoms with Crippen LogP contribution in [0.4, 0.5) is 0 Å². The van der Waals surface area contributed by atoms with Gasteiger partial charge in [0.25, 0.3) is 5.91 Å². The van der Waals surface area contributed by atoms with Crippen LogP contribution in [-0.4, -0.2) is 38.6 Å². The van der Waals surface area contributed by atoms with Gasteiger partial charge in [-0.05, 0) is 32.6 Å². The van der Waals surface area contributed by atoms with Crippen LogP contribution in [-0.2, 0) is 0 Å². The molecule has 4 rings (SSSR count). The number of imidazole rings is 1. The SMILES string of the molecule is Cc1nccn1[C@H]1CCCN(C(=O)c2cc(C3CC3)on2)C1. The molecule has 2 fully saturated rings. The van der Waals surface area contributed by atoms with Crippen LogP contribution in [0.1, 0.15) is 59.7 Å². The van der Waals surface area contributed by atoms with E-state index in [4.69, 9.17) is 4.52 Å². The molecule has 0 unspecified atom stereocenters. The van der Waals surface area contributed by atoms with Crippen molar-refractivity contribution in [1.29, 1.82) is 0 Å². The number of amides is 1. The molecule has 0 radical (unpaired) electrons. The average Bonchev–Trinajstić information content (AvgIpc) is 3.11. The lowest BCUT2D eigenvalue weighted by Gasteiger charge is -2.33. The molecule has 1 aliphatic carbocycles. The van der Waals surface area contributed by atoms with Crippen molar-refractivity contribution in [1.82, 2.24) is 19.6 Å². The summed E-state index contributed by atoms with van der Waals surface area (Å²) in [4.78, 5) is 18.8. The van der Waals surface area contributed by atoms with E-state index in [-0.39, 0.29) is 5.91 Å². The summed E-state index contributed by atoms with van der Waals surface area (Å²) in [5.41, 5.74) is 0.449. The molecular weight excluding hydrogens is 280 g/mol. The molecule has 2 aromatic rings. The Balaban J connectivity index is 1.49. The number of piperidine rings is 1. The highest BCUT2D eigenvalue weighted by Crippen LogP contribution is 2.40. The summed E-state index contributed by atoms with van der Waals surface area (Å²) in [6.07, 6.45) is 8.18. The van der Waals surface area contributed by atoms with Crippen LogP contribution in [0.3, 0.4) is 0 Å². The molecule has 0 spiro atoms. The number of nitrogens with zero attached hydrogens (tertiary/aromatic N) is 4. The van der Waals surface area contributed by atoms with E-state index in [1.807, 2.05) is 30.3 Å². The van der Waals surface area contributed by atoms with E-state index < -0.39 is 0 Å². The van der Waals surface area contributed by atoms with Gasteiger partial charge in [0.15, 0.2) is 5.69 Å². The van der Waals surface area contributed by atoms with Gasteiger partial charge in [0, 0.05) is 37.5 Å². The first-order valence-electron chi connectivity index (χ1n) is 7.97. The van der Waals surface area contributed by atoms with Crippen LogP contribution >= 0.6 is 0 Å². The van der Waals surface area contributed by atoms with Crippen LogP contribution in [0.2, 0.25) is 0 Å². The second-order valence-electron chi connectivity index (χ2n) is 6.32. The molecule has 6 heteroatoms. The maximum absolute atomic E-state index is 12.6. The van der Waals surface area contributed by atoms with Crippen LogP contribution in [0.15, 0.2) is 23.0 Å². The van der Waals surface area contributed by atoms with Crippen LogP contribution in [0.5, 0.6) is 0 Å². The Morgan fingerprint density at radius 1 is 1.36 bits per heavy atom. The van der Waals surface area contributed by atoms with Gasteiger partial charge in [-0.1, -0.05) is 5.16 Å². The Hall–Kier alpha value is -2.11. The number of rotatable bonds is 3. The predicted octanol–water partition coefficient (Wildman–Crippen LogP) is 2.53. The fourth-order valence-electron chi connectivity index (χ4n) is 3.25. The normalized spacial score (nSPS) is 22.0. The minimum Gasteiger partial charge on any atom is -0.360 e. The molecule has 0 aromatic carbocycles. The smallest absolute Gasteiger partial charge is 0.276 e. The molecule has 1 aliphatic heterocycles. The van der Waals surface area contributed by atoms with Crippen molar-refractivity contribution in [3.8, 4) is 0 Å². The van der Waals surface area contributed by atoms with E-state index in [9.17, 15) is 4.79 Å². The minimum absolute atomic E-state index is 0.0156. The van der Waals surface area contributed by atoms with Crippen LogP contribution < -0.4 is 0 Å². The highest BCUT2D eigenvalue weighted by molar-refractivity contribution is 5.92. The zero-order chi connectivity index (χ0) is 15.1. The Labute approximate surface area is 129 Å². The standard InChI is InChI=1S/C16H20N4O2/c1-11-17-6-8-20(11)13-3-2-7-19(10-13)16(21)14-9-15(22-18-14)12-4-5-12/h6,8-9,12-13H,2-5,7,10H2,1H3/t13-/m0/s1. The number of aryl methyl sites for hydroxylation is 1. The van der Waals surface area contributed by atoms with Crippen molar-refractivity contribution < 1.29 is 9.32 Å². The van der Waals surface area contributed by atoms with Gasteiger partial charge in [-0.15, -0.1) is 0 Å². The lowest BCUT2D eigenvalue weighted by Crippen LogP contribution is -2.41. The summed E-state index contributed by atoms with van der Waals surface area (Å²) < 4.78 is 7.47. The molecule has 2 aromatic heterocycles. The molecular formula is C16H20N4O2. The first kappa shape index (κ1) is 13.5. The molecule has 1 saturated carbocycles. The Bertz CT molecular complexity index is 686. The first-order valence-corrected chi connectivity index (χ1v) is 7.97. The predicted molar refractivity (Wildman–Crippen MR) is 79.6 cm³/mol. The highest BCUT2D eigenvalue weighted by Gasteiger charge is 2.31.